The molecule has 0 aromatic rings. The molecule has 0 saturated carbocycles. The maximum atomic E-state index is 11.3. The minimum absolute atomic E-state index is 0.0435. The Balaban J connectivity index is 0.000000579. The fourth-order valence-electron chi connectivity index (χ4n) is 2.26. The number of amides is 4. The summed E-state index contributed by atoms with van der Waals surface area (Å²) < 4.78 is 9.22. The first-order chi connectivity index (χ1) is 17.4. The van der Waals surface area contributed by atoms with Gasteiger partial charge in [-0.15, -0.1) is 5.06 Å². The Morgan fingerprint density at radius 2 is 1.19 bits per heavy atom. The van der Waals surface area contributed by atoms with Gasteiger partial charge in [-0.3, -0.25) is 29.2 Å². The summed E-state index contributed by atoms with van der Waals surface area (Å²) in [7, 11) is 0. The molecule has 0 atom stereocenters. The van der Waals surface area contributed by atoms with Gasteiger partial charge in [-0.05, 0) is 24.4 Å². The highest BCUT2D eigenvalue weighted by Gasteiger charge is 2.32. The molecule has 0 radical (unpaired) electrons. The molecule has 0 unspecified atom stereocenters. The van der Waals surface area contributed by atoms with Crippen LogP contribution in [0.25, 0.3) is 0 Å². The SMILES string of the molecule is C=CC(=O)OCCCC(=O)Cl.C=CC(=O)OCCCC(=O)ON1C(=O)CCC1=O.O=C1CCC(=O)N1O. The Labute approximate surface area is 216 Å². The van der Waals surface area contributed by atoms with Gasteiger partial charge in [0.15, 0.2) is 0 Å². The molecule has 2 aliphatic heterocycles. The van der Waals surface area contributed by atoms with E-state index in [1.807, 2.05) is 0 Å². The van der Waals surface area contributed by atoms with Crippen molar-refractivity contribution in [1.29, 1.82) is 0 Å². The summed E-state index contributed by atoms with van der Waals surface area (Å²) in [6.45, 7) is 6.67. The van der Waals surface area contributed by atoms with Crippen LogP contribution in [0.3, 0.4) is 0 Å². The number of hydroxylamine groups is 4. The van der Waals surface area contributed by atoms with Crippen LogP contribution < -0.4 is 0 Å². The highest BCUT2D eigenvalue weighted by molar-refractivity contribution is 6.63. The summed E-state index contributed by atoms with van der Waals surface area (Å²) >= 11 is 5.03. The topological polar surface area (TPSA) is 191 Å². The van der Waals surface area contributed by atoms with Crippen LogP contribution in [0.15, 0.2) is 25.3 Å². The van der Waals surface area contributed by atoms with Crippen LogP contribution in [0.1, 0.15) is 51.4 Å². The van der Waals surface area contributed by atoms with Crippen LogP contribution >= 0.6 is 11.6 Å². The number of rotatable bonds is 11. The van der Waals surface area contributed by atoms with E-state index in [2.05, 4.69) is 27.5 Å². The van der Waals surface area contributed by atoms with Gasteiger partial charge < -0.3 is 14.3 Å². The van der Waals surface area contributed by atoms with E-state index in [1.165, 1.54) is 0 Å². The van der Waals surface area contributed by atoms with Crippen molar-refractivity contribution in [2.24, 2.45) is 0 Å². The van der Waals surface area contributed by atoms with Crippen molar-refractivity contribution in [3.05, 3.63) is 25.3 Å². The van der Waals surface area contributed by atoms with E-state index in [-0.39, 0.29) is 63.2 Å². The van der Waals surface area contributed by atoms with E-state index in [0.29, 0.717) is 11.5 Å². The lowest BCUT2D eigenvalue weighted by molar-refractivity contribution is -0.197. The molecule has 2 saturated heterocycles. The Morgan fingerprint density at radius 1 is 0.784 bits per heavy atom. The smallest absolute Gasteiger partial charge is 0.333 e. The largest absolute Gasteiger partial charge is 0.463 e. The zero-order valence-electron chi connectivity index (χ0n) is 19.9. The Hall–Kier alpha value is -3.91. The highest BCUT2D eigenvalue weighted by Crippen LogP contribution is 2.13. The molecular weight excluding hydrogens is 520 g/mol. The molecule has 0 spiro atoms. The number of imide groups is 2. The van der Waals surface area contributed by atoms with Crippen molar-refractivity contribution >= 4 is 58.4 Å². The van der Waals surface area contributed by atoms with Gasteiger partial charge in [-0.25, -0.2) is 14.4 Å². The van der Waals surface area contributed by atoms with E-state index in [0.717, 1.165) is 12.2 Å². The Bertz CT molecular complexity index is 885. The first-order valence-electron chi connectivity index (χ1n) is 10.8. The number of ether oxygens (including phenoxy) is 2. The summed E-state index contributed by atoms with van der Waals surface area (Å²) in [5, 5.41) is 8.63. The average Bonchev–Trinajstić information content (AvgIpc) is 3.34. The molecule has 204 valence electrons. The molecule has 2 rings (SSSR count). The van der Waals surface area contributed by atoms with Crippen LogP contribution in [0.2, 0.25) is 0 Å². The summed E-state index contributed by atoms with van der Waals surface area (Å²) in [5.41, 5.74) is 0. The molecule has 1 N–H and O–H groups in total. The van der Waals surface area contributed by atoms with Crippen LogP contribution in [-0.4, -0.2) is 75.3 Å². The second kappa shape index (κ2) is 18.4. The van der Waals surface area contributed by atoms with Crippen LogP contribution in [0.4, 0.5) is 0 Å². The average molecular weight is 547 g/mol. The van der Waals surface area contributed by atoms with E-state index in [9.17, 15) is 38.4 Å². The lowest BCUT2D eigenvalue weighted by Gasteiger charge is -2.12. The van der Waals surface area contributed by atoms with Crippen LogP contribution in [0.5, 0.6) is 0 Å². The number of esters is 2. The third kappa shape index (κ3) is 14.9. The van der Waals surface area contributed by atoms with Crippen molar-refractivity contribution in [1.82, 2.24) is 10.1 Å². The molecule has 4 amide bonds. The van der Waals surface area contributed by atoms with E-state index >= 15 is 0 Å². The van der Waals surface area contributed by atoms with E-state index in [1.54, 1.807) is 0 Å². The monoisotopic (exact) mass is 546 g/mol. The fraction of sp³-hybridized carbons (Fsp3) is 0.455. The summed E-state index contributed by atoms with van der Waals surface area (Å²) in [4.78, 5) is 89.8. The number of carbonyl (C=O) groups excluding carboxylic acids is 8. The molecule has 0 aliphatic carbocycles. The first kappa shape index (κ1) is 33.1. The van der Waals surface area contributed by atoms with Crippen molar-refractivity contribution in [3.63, 3.8) is 0 Å². The number of hydrogen-bond acceptors (Lipinski definition) is 12. The van der Waals surface area contributed by atoms with Crippen molar-refractivity contribution in [2.75, 3.05) is 13.2 Å². The molecular formula is C22H27ClN2O12. The van der Waals surface area contributed by atoms with Crippen molar-refractivity contribution in [3.8, 4) is 0 Å². The van der Waals surface area contributed by atoms with Gasteiger partial charge >= 0.3 is 17.9 Å². The van der Waals surface area contributed by atoms with Crippen molar-refractivity contribution in [2.45, 2.75) is 51.4 Å². The molecule has 14 nitrogen and oxygen atoms in total. The third-order valence-corrected chi connectivity index (χ3v) is 4.28. The first-order valence-corrected chi connectivity index (χ1v) is 11.2. The van der Waals surface area contributed by atoms with Gasteiger partial charge in [0.05, 0.1) is 19.6 Å². The van der Waals surface area contributed by atoms with Gasteiger partial charge in [-0.2, -0.15) is 5.06 Å². The molecule has 2 aliphatic rings. The lowest BCUT2D eigenvalue weighted by Crippen LogP contribution is -2.32. The Morgan fingerprint density at radius 3 is 1.54 bits per heavy atom. The molecule has 15 heteroatoms. The molecule has 0 aromatic carbocycles. The van der Waals surface area contributed by atoms with Gasteiger partial charge in [0.25, 0.3) is 23.6 Å². The molecule has 37 heavy (non-hydrogen) atoms. The van der Waals surface area contributed by atoms with Gasteiger partial charge in [-0.1, -0.05) is 13.2 Å². The maximum Gasteiger partial charge on any atom is 0.333 e. The van der Waals surface area contributed by atoms with Crippen LogP contribution in [0, 0.1) is 0 Å². The predicted molar refractivity (Wildman–Crippen MR) is 122 cm³/mol. The van der Waals surface area contributed by atoms with Gasteiger partial charge in [0.2, 0.25) is 5.24 Å². The standard InChI is InChI=1S/C11H13NO6.C7H9ClO3.C4H5NO3/c1-2-10(15)17-7-3-4-11(16)18-12-8(13)5-6-9(12)14;1-2-7(10)11-5-3-4-6(8)9;6-3-1-2-4(7)5(3)8/h2H,1,3-7H2;2H,1,3-5H2;8H,1-2H2. The third-order valence-electron chi connectivity index (χ3n) is 4.09. The number of nitrogens with zero attached hydrogens (tertiary/aromatic N) is 2. The minimum atomic E-state index is -0.715. The summed E-state index contributed by atoms with van der Waals surface area (Å²) in [6, 6.07) is 0. The lowest BCUT2D eigenvalue weighted by atomic mass is 10.3. The molecule has 2 fully saturated rings. The normalized spacial score (nSPS) is 14.1. The van der Waals surface area contributed by atoms with Crippen LogP contribution in [-0.2, 0) is 52.7 Å². The zero-order valence-corrected chi connectivity index (χ0v) is 20.6. The minimum Gasteiger partial charge on any atom is -0.463 e. The molecule has 0 aromatic heterocycles. The van der Waals surface area contributed by atoms with Gasteiger partial charge in [0.1, 0.15) is 0 Å². The second-order valence-corrected chi connectivity index (χ2v) is 7.37. The molecule has 2 heterocycles. The fourth-order valence-corrected chi connectivity index (χ4v) is 2.39. The van der Waals surface area contributed by atoms with Gasteiger partial charge in [0, 0.05) is 44.3 Å². The quantitative estimate of drug-likeness (QED) is 0.0962. The number of carbonyl (C=O) groups is 8. The maximum absolute atomic E-state index is 11.3. The number of halogens is 1. The van der Waals surface area contributed by atoms with E-state index in [4.69, 9.17) is 16.8 Å². The molecule has 0 bridgehead atoms. The zero-order chi connectivity index (χ0) is 28.4. The number of hydrogen-bond donors (Lipinski definition) is 1. The second-order valence-electron chi connectivity index (χ2n) is 6.95. The highest BCUT2D eigenvalue weighted by atomic mass is 35.5. The Kier molecular flexibility index (Phi) is 16.4. The van der Waals surface area contributed by atoms with Crippen molar-refractivity contribution < 1.29 is 57.9 Å². The summed E-state index contributed by atoms with van der Waals surface area (Å²) in [6.07, 6.45) is 3.38. The van der Waals surface area contributed by atoms with E-state index < -0.39 is 46.8 Å². The predicted octanol–water partition coefficient (Wildman–Crippen LogP) is 0.889. The summed E-state index contributed by atoms with van der Waals surface area (Å²) in [5.74, 6) is -3.82.